The Balaban J connectivity index is 2.88. The quantitative estimate of drug-likeness (QED) is 0.785. The summed E-state index contributed by atoms with van der Waals surface area (Å²) in [6, 6.07) is 5.33. The minimum Gasteiger partial charge on any atom is -0.295 e. The SMILES string of the molecule is CC(=O)c1cccc2[nH]n(C(C)C)c(=O)c12. The molecular formula is C12H14N2O2. The van der Waals surface area contributed by atoms with Crippen LogP contribution in [0.15, 0.2) is 23.0 Å². The van der Waals surface area contributed by atoms with Gasteiger partial charge in [0.15, 0.2) is 5.78 Å². The molecule has 0 aliphatic rings. The third-order valence-corrected chi connectivity index (χ3v) is 2.63. The van der Waals surface area contributed by atoms with Crippen LogP contribution in [0.1, 0.15) is 37.2 Å². The van der Waals surface area contributed by atoms with Crippen molar-refractivity contribution in [3.8, 4) is 0 Å². The number of carbonyl (C=O) groups is 1. The molecule has 0 saturated carbocycles. The van der Waals surface area contributed by atoms with E-state index in [0.29, 0.717) is 16.5 Å². The number of fused-ring (bicyclic) bond motifs is 1. The number of rotatable bonds is 2. The molecule has 2 rings (SSSR count). The van der Waals surface area contributed by atoms with Crippen LogP contribution < -0.4 is 5.56 Å². The molecule has 16 heavy (non-hydrogen) atoms. The van der Waals surface area contributed by atoms with Gasteiger partial charge in [0.05, 0.1) is 10.9 Å². The van der Waals surface area contributed by atoms with E-state index in [4.69, 9.17) is 0 Å². The van der Waals surface area contributed by atoms with Crippen LogP contribution in [-0.4, -0.2) is 15.6 Å². The van der Waals surface area contributed by atoms with E-state index in [0.717, 1.165) is 0 Å². The van der Waals surface area contributed by atoms with Crippen molar-refractivity contribution in [1.82, 2.24) is 9.78 Å². The maximum atomic E-state index is 12.1. The van der Waals surface area contributed by atoms with Gasteiger partial charge in [-0.25, -0.2) is 4.68 Å². The first-order chi connectivity index (χ1) is 7.52. The number of benzene rings is 1. The van der Waals surface area contributed by atoms with Crippen LogP contribution in [0, 0.1) is 0 Å². The van der Waals surface area contributed by atoms with Gasteiger partial charge in [-0.2, -0.15) is 0 Å². The number of nitrogens with zero attached hydrogens (tertiary/aromatic N) is 1. The second-order valence-electron chi connectivity index (χ2n) is 4.17. The molecule has 4 nitrogen and oxygen atoms in total. The van der Waals surface area contributed by atoms with Gasteiger partial charge in [0.2, 0.25) is 0 Å². The standard InChI is InChI=1S/C12H14N2O2/c1-7(2)14-12(16)11-9(8(3)15)5-4-6-10(11)13-14/h4-7,13H,1-3H3. The zero-order valence-corrected chi connectivity index (χ0v) is 9.57. The Kier molecular flexibility index (Phi) is 2.42. The maximum Gasteiger partial charge on any atom is 0.275 e. The summed E-state index contributed by atoms with van der Waals surface area (Å²) in [6.07, 6.45) is 0. The first-order valence-corrected chi connectivity index (χ1v) is 5.26. The van der Waals surface area contributed by atoms with Crippen molar-refractivity contribution >= 4 is 16.7 Å². The normalized spacial score (nSPS) is 11.2. The molecule has 2 aromatic rings. The Morgan fingerprint density at radius 1 is 1.38 bits per heavy atom. The number of H-pyrrole nitrogens is 1. The lowest BCUT2D eigenvalue weighted by atomic mass is 10.1. The van der Waals surface area contributed by atoms with E-state index >= 15 is 0 Å². The predicted octanol–water partition coefficient (Wildman–Crippen LogP) is 2.11. The number of aromatic nitrogens is 2. The van der Waals surface area contributed by atoms with Crippen LogP contribution in [0.4, 0.5) is 0 Å². The van der Waals surface area contributed by atoms with Crippen LogP contribution in [0.2, 0.25) is 0 Å². The number of Topliss-reactive ketones (excluding diaryl/α,β-unsaturated/α-hetero) is 1. The molecule has 0 spiro atoms. The molecule has 0 aliphatic carbocycles. The van der Waals surface area contributed by atoms with E-state index in [1.54, 1.807) is 12.1 Å². The van der Waals surface area contributed by atoms with Crippen molar-refractivity contribution in [2.45, 2.75) is 26.8 Å². The fourth-order valence-electron chi connectivity index (χ4n) is 1.83. The van der Waals surface area contributed by atoms with Crippen molar-refractivity contribution in [2.24, 2.45) is 0 Å². The minimum absolute atomic E-state index is 0.0553. The maximum absolute atomic E-state index is 12.1. The second-order valence-corrected chi connectivity index (χ2v) is 4.17. The third-order valence-electron chi connectivity index (χ3n) is 2.63. The van der Waals surface area contributed by atoms with Crippen molar-refractivity contribution in [3.63, 3.8) is 0 Å². The molecular weight excluding hydrogens is 204 g/mol. The summed E-state index contributed by atoms with van der Waals surface area (Å²) < 4.78 is 1.54. The topological polar surface area (TPSA) is 54.9 Å². The highest BCUT2D eigenvalue weighted by Crippen LogP contribution is 2.15. The molecule has 0 amide bonds. The molecule has 0 unspecified atom stereocenters. The van der Waals surface area contributed by atoms with Gasteiger partial charge >= 0.3 is 0 Å². The Labute approximate surface area is 92.9 Å². The molecule has 0 fully saturated rings. The van der Waals surface area contributed by atoms with Crippen molar-refractivity contribution in [1.29, 1.82) is 0 Å². The zero-order chi connectivity index (χ0) is 11.9. The molecule has 0 radical (unpaired) electrons. The fraction of sp³-hybridized carbons (Fsp3) is 0.333. The molecule has 1 heterocycles. The van der Waals surface area contributed by atoms with Crippen molar-refractivity contribution in [2.75, 3.05) is 0 Å². The van der Waals surface area contributed by atoms with Crippen LogP contribution in [0.3, 0.4) is 0 Å². The van der Waals surface area contributed by atoms with Gasteiger partial charge in [-0.3, -0.25) is 14.7 Å². The smallest absolute Gasteiger partial charge is 0.275 e. The number of ketones is 1. The molecule has 4 heteroatoms. The Morgan fingerprint density at radius 3 is 2.62 bits per heavy atom. The lowest BCUT2D eigenvalue weighted by Crippen LogP contribution is -2.19. The van der Waals surface area contributed by atoms with Gasteiger partial charge < -0.3 is 0 Å². The molecule has 84 valence electrons. The van der Waals surface area contributed by atoms with E-state index in [9.17, 15) is 9.59 Å². The summed E-state index contributed by atoms with van der Waals surface area (Å²) >= 11 is 0. The monoisotopic (exact) mass is 218 g/mol. The first-order valence-electron chi connectivity index (χ1n) is 5.26. The highest BCUT2D eigenvalue weighted by molar-refractivity contribution is 6.05. The zero-order valence-electron chi connectivity index (χ0n) is 9.57. The average Bonchev–Trinajstić information content (AvgIpc) is 2.56. The van der Waals surface area contributed by atoms with E-state index in [1.165, 1.54) is 11.6 Å². The number of aromatic amines is 1. The van der Waals surface area contributed by atoms with Crippen LogP contribution in [0.25, 0.3) is 10.9 Å². The Morgan fingerprint density at radius 2 is 2.06 bits per heavy atom. The number of nitrogens with one attached hydrogen (secondary N) is 1. The highest BCUT2D eigenvalue weighted by atomic mass is 16.1. The third kappa shape index (κ3) is 1.46. The van der Waals surface area contributed by atoms with E-state index in [-0.39, 0.29) is 17.4 Å². The number of hydrogen-bond acceptors (Lipinski definition) is 2. The van der Waals surface area contributed by atoms with E-state index < -0.39 is 0 Å². The number of carbonyl (C=O) groups excluding carboxylic acids is 1. The average molecular weight is 218 g/mol. The summed E-state index contributed by atoms with van der Waals surface area (Å²) in [6.45, 7) is 5.31. The molecule has 1 aromatic carbocycles. The lowest BCUT2D eigenvalue weighted by molar-refractivity contribution is 0.101. The number of hydrogen-bond donors (Lipinski definition) is 1. The molecule has 1 aromatic heterocycles. The van der Waals surface area contributed by atoms with Gasteiger partial charge in [-0.05, 0) is 26.8 Å². The summed E-state index contributed by atoms with van der Waals surface area (Å²) in [5, 5.41) is 3.50. The van der Waals surface area contributed by atoms with Crippen LogP contribution in [0.5, 0.6) is 0 Å². The molecule has 0 atom stereocenters. The molecule has 0 aliphatic heterocycles. The van der Waals surface area contributed by atoms with Crippen molar-refractivity contribution < 1.29 is 4.79 Å². The lowest BCUT2D eigenvalue weighted by Gasteiger charge is -2.03. The summed E-state index contributed by atoms with van der Waals surface area (Å²) in [7, 11) is 0. The summed E-state index contributed by atoms with van der Waals surface area (Å²) in [5.74, 6) is -0.0855. The highest BCUT2D eigenvalue weighted by Gasteiger charge is 2.14. The van der Waals surface area contributed by atoms with Crippen LogP contribution >= 0.6 is 0 Å². The Hall–Kier alpha value is -1.84. The van der Waals surface area contributed by atoms with Crippen molar-refractivity contribution in [3.05, 3.63) is 34.1 Å². The predicted molar refractivity (Wildman–Crippen MR) is 62.9 cm³/mol. The molecule has 0 saturated heterocycles. The Bertz CT molecular complexity index is 605. The van der Waals surface area contributed by atoms with Crippen LogP contribution in [-0.2, 0) is 0 Å². The van der Waals surface area contributed by atoms with E-state index in [1.807, 2.05) is 19.9 Å². The molecule has 0 bridgehead atoms. The molecule has 1 N–H and O–H groups in total. The first kappa shape index (κ1) is 10.7. The largest absolute Gasteiger partial charge is 0.295 e. The second kappa shape index (κ2) is 3.63. The van der Waals surface area contributed by atoms with Gasteiger partial charge in [-0.15, -0.1) is 0 Å². The summed E-state index contributed by atoms with van der Waals surface area (Å²) in [4.78, 5) is 23.5. The van der Waals surface area contributed by atoms with Gasteiger partial charge in [-0.1, -0.05) is 12.1 Å². The minimum atomic E-state index is -0.129. The van der Waals surface area contributed by atoms with E-state index in [2.05, 4.69) is 5.10 Å². The fourth-order valence-corrected chi connectivity index (χ4v) is 1.83. The van der Waals surface area contributed by atoms with Gasteiger partial charge in [0.1, 0.15) is 0 Å². The summed E-state index contributed by atoms with van der Waals surface area (Å²) in [5.41, 5.74) is 1.07. The van der Waals surface area contributed by atoms with Gasteiger partial charge in [0, 0.05) is 11.6 Å². The van der Waals surface area contributed by atoms with Gasteiger partial charge in [0.25, 0.3) is 5.56 Å².